The Morgan fingerprint density at radius 3 is 1.93 bits per heavy atom. The van der Waals surface area contributed by atoms with Crippen molar-refractivity contribution in [3.8, 4) is 0 Å². The van der Waals surface area contributed by atoms with E-state index in [1.54, 1.807) is 19.1 Å². The molecule has 2 aromatic carbocycles. The van der Waals surface area contributed by atoms with Crippen LogP contribution in [0.25, 0.3) is 21.9 Å². The normalized spacial score (nSPS) is 12.2. The summed E-state index contributed by atoms with van der Waals surface area (Å²) in [5, 5.41) is 7.32. The molecule has 0 saturated carbocycles. The van der Waals surface area contributed by atoms with Gasteiger partial charge in [0.1, 0.15) is 11.2 Å². The zero-order valence-corrected chi connectivity index (χ0v) is 14.7. The van der Waals surface area contributed by atoms with Crippen LogP contribution >= 0.6 is 0 Å². The first-order valence-corrected chi connectivity index (χ1v) is 8.66. The molecule has 0 fully saturated rings. The molecule has 2 aromatic heterocycles. The van der Waals surface area contributed by atoms with E-state index in [9.17, 15) is 9.59 Å². The molecule has 0 aliphatic rings. The number of hydrogen-bond donors (Lipinski definition) is 2. The number of amides is 2. The molecule has 0 bridgehead atoms. The Morgan fingerprint density at radius 2 is 1.37 bits per heavy atom. The van der Waals surface area contributed by atoms with Crippen molar-refractivity contribution in [2.75, 3.05) is 6.54 Å². The molecule has 2 N–H and O–H groups in total. The highest BCUT2D eigenvalue weighted by Crippen LogP contribution is 2.19. The highest BCUT2D eigenvalue weighted by molar-refractivity contribution is 5.97. The molecule has 0 aliphatic heterocycles. The van der Waals surface area contributed by atoms with Gasteiger partial charge in [0, 0.05) is 23.4 Å². The Kier molecular flexibility index (Phi) is 4.38. The maximum absolute atomic E-state index is 12.3. The number of para-hydroxylation sites is 2. The Morgan fingerprint density at radius 1 is 0.852 bits per heavy atom. The molecule has 0 aliphatic carbocycles. The van der Waals surface area contributed by atoms with Crippen molar-refractivity contribution in [3.05, 3.63) is 72.2 Å². The topological polar surface area (TPSA) is 84.5 Å². The predicted molar refractivity (Wildman–Crippen MR) is 102 cm³/mol. The van der Waals surface area contributed by atoms with Crippen LogP contribution < -0.4 is 10.6 Å². The predicted octanol–water partition coefficient (Wildman–Crippen LogP) is 3.73. The molecular formula is C21H18N2O4. The molecule has 2 heterocycles. The van der Waals surface area contributed by atoms with Gasteiger partial charge in [0.25, 0.3) is 11.8 Å². The maximum Gasteiger partial charge on any atom is 0.287 e. The summed E-state index contributed by atoms with van der Waals surface area (Å²) in [7, 11) is 0. The van der Waals surface area contributed by atoms with E-state index in [4.69, 9.17) is 8.83 Å². The number of benzene rings is 2. The fourth-order valence-corrected chi connectivity index (χ4v) is 2.87. The Hall–Kier alpha value is -3.54. The van der Waals surface area contributed by atoms with E-state index in [1.165, 1.54) is 0 Å². The van der Waals surface area contributed by atoms with Crippen molar-refractivity contribution in [2.24, 2.45) is 0 Å². The van der Waals surface area contributed by atoms with E-state index in [0.29, 0.717) is 11.2 Å². The summed E-state index contributed by atoms with van der Waals surface area (Å²) in [5.74, 6) is -0.161. The molecule has 2 amide bonds. The zero-order valence-electron chi connectivity index (χ0n) is 14.7. The largest absolute Gasteiger partial charge is 0.451 e. The van der Waals surface area contributed by atoms with Gasteiger partial charge in [-0.2, -0.15) is 0 Å². The van der Waals surface area contributed by atoms with Gasteiger partial charge in [-0.15, -0.1) is 0 Å². The number of furan rings is 2. The summed E-state index contributed by atoms with van der Waals surface area (Å²) in [4.78, 5) is 24.6. The third-order valence-corrected chi connectivity index (χ3v) is 4.24. The van der Waals surface area contributed by atoms with E-state index >= 15 is 0 Å². The number of fused-ring (bicyclic) bond motifs is 2. The van der Waals surface area contributed by atoms with Crippen molar-refractivity contribution in [2.45, 2.75) is 13.0 Å². The lowest BCUT2D eigenvalue weighted by Gasteiger charge is -2.13. The second-order valence-electron chi connectivity index (χ2n) is 6.38. The molecular weight excluding hydrogens is 344 g/mol. The fourth-order valence-electron chi connectivity index (χ4n) is 2.87. The summed E-state index contributed by atoms with van der Waals surface area (Å²) in [5.41, 5.74) is 1.32. The minimum atomic E-state index is -0.323. The number of carbonyl (C=O) groups excluding carboxylic acids is 2. The molecule has 4 rings (SSSR count). The Bertz CT molecular complexity index is 1060. The molecule has 136 valence electrons. The highest BCUT2D eigenvalue weighted by Gasteiger charge is 2.17. The van der Waals surface area contributed by atoms with Crippen molar-refractivity contribution in [1.29, 1.82) is 0 Å². The van der Waals surface area contributed by atoms with Crippen molar-refractivity contribution in [1.82, 2.24) is 10.6 Å². The number of rotatable bonds is 5. The van der Waals surface area contributed by atoms with Gasteiger partial charge < -0.3 is 19.5 Å². The third kappa shape index (κ3) is 3.55. The van der Waals surface area contributed by atoms with Gasteiger partial charge in [0.05, 0.1) is 0 Å². The monoisotopic (exact) mass is 362 g/mol. The number of carbonyl (C=O) groups is 2. The van der Waals surface area contributed by atoms with E-state index in [0.717, 1.165) is 10.8 Å². The standard InChI is InChI=1S/C21H18N2O4/c1-13(23-21(25)19-11-15-7-3-5-9-17(15)27-19)12-22-20(24)18-10-14-6-2-4-8-16(14)26-18/h2-11,13H,12H2,1H3,(H,22,24)(H,23,25). The smallest absolute Gasteiger partial charge is 0.287 e. The average molecular weight is 362 g/mol. The molecule has 0 saturated heterocycles. The third-order valence-electron chi connectivity index (χ3n) is 4.24. The minimum absolute atomic E-state index is 0.242. The maximum atomic E-state index is 12.3. The van der Waals surface area contributed by atoms with Crippen LogP contribution in [0.3, 0.4) is 0 Å². The van der Waals surface area contributed by atoms with Crippen molar-refractivity contribution in [3.63, 3.8) is 0 Å². The summed E-state index contributed by atoms with van der Waals surface area (Å²) in [6.07, 6.45) is 0. The fraction of sp³-hybridized carbons (Fsp3) is 0.143. The molecule has 1 unspecified atom stereocenters. The van der Waals surface area contributed by atoms with Gasteiger partial charge in [-0.25, -0.2) is 0 Å². The van der Waals surface area contributed by atoms with Gasteiger partial charge in [0.2, 0.25) is 0 Å². The lowest BCUT2D eigenvalue weighted by atomic mass is 10.2. The van der Waals surface area contributed by atoms with E-state index < -0.39 is 0 Å². The molecule has 6 heteroatoms. The molecule has 6 nitrogen and oxygen atoms in total. The zero-order chi connectivity index (χ0) is 18.8. The average Bonchev–Trinajstić information content (AvgIpc) is 3.30. The number of hydrogen-bond acceptors (Lipinski definition) is 4. The first kappa shape index (κ1) is 16.9. The first-order chi connectivity index (χ1) is 13.1. The summed E-state index contributed by atoms with van der Waals surface area (Å²) < 4.78 is 11.1. The summed E-state index contributed by atoms with van der Waals surface area (Å²) in [6, 6.07) is 18.0. The van der Waals surface area contributed by atoms with Gasteiger partial charge in [-0.1, -0.05) is 36.4 Å². The SMILES string of the molecule is CC(CNC(=O)c1cc2ccccc2o1)NC(=O)c1cc2ccccc2o1. The molecule has 27 heavy (non-hydrogen) atoms. The van der Waals surface area contributed by atoms with Crippen LogP contribution in [0.5, 0.6) is 0 Å². The van der Waals surface area contributed by atoms with Crippen LogP contribution in [0.2, 0.25) is 0 Å². The lowest BCUT2D eigenvalue weighted by molar-refractivity contribution is 0.0887. The molecule has 0 spiro atoms. The van der Waals surface area contributed by atoms with Crippen LogP contribution in [0.15, 0.2) is 69.5 Å². The summed E-state index contributed by atoms with van der Waals surface area (Å²) >= 11 is 0. The Balaban J connectivity index is 1.35. The van der Waals surface area contributed by atoms with Crippen LogP contribution in [0, 0.1) is 0 Å². The van der Waals surface area contributed by atoms with Gasteiger partial charge >= 0.3 is 0 Å². The highest BCUT2D eigenvalue weighted by atomic mass is 16.4. The molecule has 4 aromatic rings. The lowest BCUT2D eigenvalue weighted by Crippen LogP contribution is -2.41. The van der Waals surface area contributed by atoms with E-state index in [2.05, 4.69) is 10.6 Å². The van der Waals surface area contributed by atoms with Crippen LogP contribution in [0.4, 0.5) is 0 Å². The van der Waals surface area contributed by atoms with Crippen LogP contribution in [-0.2, 0) is 0 Å². The number of nitrogens with one attached hydrogen (secondary N) is 2. The Labute approximate surface area is 155 Å². The van der Waals surface area contributed by atoms with Crippen molar-refractivity contribution >= 4 is 33.8 Å². The van der Waals surface area contributed by atoms with Gasteiger partial charge in [0.15, 0.2) is 11.5 Å². The van der Waals surface area contributed by atoms with Gasteiger partial charge in [-0.05, 0) is 31.2 Å². The van der Waals surface area contributed by atoms with E-state index in [1.807, 2.05) is 48.5 Å². The second-order valence-corrected chi connectivity index (χ2v) is 6.38. The van der Waals surface area contributed by atoms with Crippen LogP contribution in [-0.4, -0.2) is 24.4 Å². The van der Waals surface area contributed by atoms with Gasteiger partial charge in [-0.3, -0.25) is 9.59 Å². The summed E-state index contributed by atoms with van der Waals surface area (Å²) in [6.45, 7) is 2.07. The minimum Gasteiger partial charge on any atom is -0.451 e. The van der Waals surface area contributed by atoms with Crippen LogP contribution in [0.1, 0.15) is 28.0 Å². The van der Waals surface area contributed by atoms with Crippen molar-refractivity contribution < 1.29 is 18.4 Å². The second kappa shape index (κ2) is 6.99. The quantitative estimate of drug-likeness (QED) is 0.567. The first-order valence-electron chi connectivity index (χ1n) is 8.66. The molecule has 1 atom stereocenters. The van der Waals surface area contributed by atoms with E-state index in [-0.39, 0.29) is 35.9 Å². The molecule has 0 radical (unpaired) electrons.